The number of anilines is 1. The van der Waals surface area contributed by atoms with Crippen molar-refractivity contribution in [2.24, 2.45) is 0 Å². The van der Waals surface area contributed by atoms with Crippen molar-refractivity contribution in [2.45, 2.75) is 39.5 Å². The Labute approximate surface area is 114 Å². The molecule has 0 aliphatic rings. The lowest BCUT2D eigenvalue weighted by atomic mass is 10.2. The maximum Gasteiger partial charge on any atom is 0.311 e. The summed E-state index contributed by atoms with van der Waals surface area (Å²) in [6, 6.07) is 4.90. The third-order valence-electron chi connectivity index (χ3n) is 2.82. The summed E-state index contributed by atoms with van der Waals surface area (Å²) >= 11 is 0. The van der Waals surface area contributed by atoms with Crippen molar-refractivity contribution in [3.63, 3.8) is 0 Å². The molecule has 19 heavy (non-hydrogen) atoms. The van der Waals surface area contributed by atoms with E-state index in [1.807, 2.05) is 6.92 Å². The Kier molecular flexibility index (Phi) is 6.71. The molecule has 1 aromatic rings. The van der Waals surface area contributed by atoms with Crippen LogP contribution in [0.1, 0.15) is 39.5 Å². The van der Waals surface area contributed by atoms with Crippen LogP contribution in [0.2, 0.25) is 0 Å². The summed E-state index contributed by atoms with van der Waals surface area (Å²) in [4.78, 5) is 10.4. The van der Waals surface area contributed by atoms with Crippen LogP contribution in [-0.2, 0) is 0 Å². The molecule has 0 saturated heterocycles. The molecular formula is C14H22N2O3. The molecule has 0 aromatic heterocycles. The maximum atomic E-state index is 10.8. The molecule has 0 radical (unpaired) electrons. The highest BCUT2D eigenvalue weighted by Gasteiger charge is 2.14. The Morgan fingerprint density at radius 1 is 1.26 bits per heavy atom. The van der Waals surface area contributed by atoms with E-state index in [0.29, 0.717) is 12.4 Å². The minimum Gasteiger partial charge on any atom is -0.487 e. The topological polar surface area (TPSA) is 64.4 Å². The Bertz CT molecular complexity index is 408. The van der Waals surface area contributed by atoms with E-state index in [9.17, 15) is 10.1 Å². The molecule has 0 fully saturated rings. The van der Waals surface area contributed by atoms with Crippen LogP contribution < -0.4 is 10.1 Å². The second-order valence-corrected chi connectivity index (χ2v) is 4.36. The van der Waals surface area contributed by atoms with Crippen molar-refractivity contribution in [1.82, 2.24) is 0 Å². The first-order chi connectivity index (χ1) is 9.19. The van der Waals surface area contributed by atoms with Crippen molar-refractivity contribution in [3.8, 4) is 5.75 Å². The van der Waals surface area contributed by atoms with Gasteiger partial charge >= 0.3 is 5.69 Å². The summed E-state index contributed by atoms with van der Waals surface area (Å²) < 4.78 is 5.30. The van der Waals surface area contributed by atoms with Crippen LogP contribution in [0, 0.1) is 10.1 Å². The van der Waals surface area contributed by atoms with Gasteiger partial charge in [-0.3, -0.25) is 10.1 Å². The predicted molar refractivity (Wildman–Crippen MR) is 76.9 cm³/mol. The Morgan fingerprint density at radius 3 is 2.68 bits per heavy atom. The average molecular weight is 266 g/mol. The van der Waals surface area contributed by atoms with Gasteiger partial charge in [0.25, 0.3) is 0 Å². The van der Waals surface area contributed by atoms with E-state index in [1.165, 1.54) is 25.3 Å². The first-order valence-corrected chi connectivity index (χ1v) is 6.84. The second kappa shape index (κ2) is 8.34. The largest absolute Gasteiger partial charge is 0.487 e. The number of unbranched alkanes of at least 4 members (excludes halogenated alkanes) is 3. The number of nitro groups is 1. The van der Waals surface area contributed by atoms with Crippen LogP contribution >= 0.6 is 0 Å². The minimum absolute atomic E-state index is 0.0124. The van der Waals surface area contributed by atoms with E-state index in [-0.39, 0.29) is 5.69 Å². The summed E-state index contributed by atoms with van der Waals surface area (Å²) in [5, 5.41) is 14.1. The van der Waals surface area contributed by atoms with Crippen molar-refractivity contribution < 1.29 is 9.66 Å². The molecule has 0 atom stereocenters. The molecule has 0 saturated carbocycles. The van der Waals surface area contributed by atoms with Gasteiger partial charge in [0.1, 0.15) is 0 Å². The van der Waals surface area contributed by atoms with E-state index in [2.05, 4.69) is 12.2 Å². The van der Waals surface area contributed by atoms with Crippen molar-refractivity contribution in [3.05, 3.63) is 28.3 Å². The quantitative estimate of drug-likeness (QED) is 0.417. The maximum absolute atomic E-state index is 10.8. The van der Waals surface area contributed by atoms with E-state index in [1.54, 1.807) is 12.1 Å². The van der Waals surface area contributed by atoms with E-state index >= 15 is 0 Å². The lowest BCUT2D eigenvalue weighted by Gasteiger charge is -2.09. The predicted octanol–water partition coefficient (Wildman–Crippen LogP) is 3.99. The summed E-state index contributed by atoms with van der Waals surface area (Å²) in [6.07, 6.45) is 4.77. The van der Waals surface area contributed by atoms with Gasteiger partial charge in [-0.2, -0.15) is 0 Å². The first kappa shape index (κ1) is 15.3. The first-order valence-electron chi connectivity index (χ1n) is 6.84. The Balaban J connectivity index is 2.59. The Morgan fingerprint density at radius 2 is 2.05 bits per heavy atom. The zero-order chi connectivity index (χ0) is 14.1. The average Bonchev–Trinajstić information content (AvgIpc) is 2.39. The van der Waals surface area contributed by atoms with Gasteiger partial charge in [-0.25, -0.2) is 0 Å². The van der Waals surface area contributed by atoms with Gasteiger partial charge in [0.15, 0.2) is 5.75 Å². The molecule has 0 bridgehead atoms. The van der Waals surface area contributed by atoms with E-state index in [4.69, 9.17) is 4.74 Å². The molecule has 0 amide bonds. The summed E-state index contributed by atoms with van der Waals surface area (Å²) in [6.45, 7) is 5.29. The number of nitrogens with one attached hydrogen (secondary N) is 1. The van der Waals surface area contributed by atoms with Crippen LogP contribution in [0.15, 0.2) is 18.2 Å². The SMILES string of the molecule is CCCCCCNc1ccc([N+](=O)[O-])c(OCC)c1. The molecule has 0 aliphatic heterocycles. The number of ether oxygens (including phenoxy) is 1. The van der Waals surface area contributed by atoms with E-state index in [0.717, 1.165) is 18.7 Å². The van der Waals surface area contributed by atoms with Gasteiger partial charge in [0.05, 0.1) is 11.5 Å². The Hall–Kier alpha value is -1.78. The number of hydrogen-bond acceptors (Lipinski definition) is 4. The van der Waals surface area contributed by atoms with Crippen LogP contribution in [0.4, 0.5) is 11.4 Å². The molecule has 106 valence electrons. The monoisotopic (exact) mass is 266 g/mol. The zero-order valence-corrected chi connectivity index (χ0v) is 11.6. The molecule has 0 spiro atoms. The third kappa shape index (κ3) is 5.16. The third-order valence-corrected chi connectivity index (χ3v) is 2.82. The number of nitro benzene ring substituents is 1. The summed E-state index contributed by atoms with van der Waals surface area (Å²) in [7, 11) is 0. The fourth-order valence-electron chi connectivity index (χ4n) is 1.83. The zero-order valence-electron chi connectivity index (χ0n) is 11.6. The van der Waals surface area contributed by atoms with Gasteiger partial charge in [0.2, 0.25) is 0 Å². The molecule has 5 heteroatoms. The van der Waals surface area contributed by atoms with Crippen LogP contribution in [0.3, 0.4) is 0 Å². The van der Waals surface area contributed by atoms with Gasteiger partial charge in [-0.15, -0.1) is 0 Å². The summed E-state index contributed by atoms with van der Waals surface area (Å²) in [5.74, 6) is 0.325. The number of rotatable bonds is 9. The number of benzene rings is 1. The van der Waals surface area contributed by atoms with Gasteiger partial charge < -0.3 is 10.1 Å². The molecule has 0 aliphatic carbocycles. The number of nitrogens with zero attached hydrogens (tertiary/aromatic N) is 1. The van der Waals surface area contributed by atoms with Crippen LogP contribution in [0.5, 0.6) is 5.75 Å². The van der Waals surface area contributed by atoms with Gasteiger partial charge in [-0.05, 0) is 19.4 Å². The smallest absolute Gasteiger partial charge is 0.311 e. The van der Waals surface area contributed by atoms with E-state index < -0.39 is 4.92 Å². The molecule has 1 rings (SSSR count). The normalized spacial score (nSPS) is 10.2. The van der Waals surface area contributed by atoms with Gasteiger partial charge in [-0.1, -0.05) is 26.2 Å². The van der Waals surface area contributed by atoms with Gasteiger partial charge in [0, 0.05) is 24.4 Å². The highest BCUT2D eigenvalue weighted by atomic mass is 16.6. The highest BCUT2D eigenvalue weighted by molar-refractivity contribution is 5.57. The summed E-state index contributed by atoms with van der Waals surface area (Å²) in [5.41, 5.74) is 0.879. The second-order valence-electron chi connectivity index (χ2n) is 4.36. The number of hydrogen-bond donors (Lipinski definition) is 1. The van der Waals surface area contributed by atoms with Crippen LogP contribution in [-0.4, -0.2) is 18.1 Å². The molecule has 5 nitrogen and oxygen atoms in total. The highest BCUT2D eigenvalue weighted by Crippen LogP contribution is 2.30. The molecular weight excluding hydrogens is 244 g/mol. The fraction of sp³-hybridized carbons (Fsp3) is 0.571. The molecule has 0 heterocycles. The standard InChI is InChI=1S/C14H22N2O3/c1-3-5-6-7-10-15-12-8-9-13(16(17)18)14(11-12)19-4-2/h8-9,11,15H,3-7,10H2,1-2H3. The molecule has 1 aromatic carbocycles. The fourth-order valence-corrected chi connectivity index (χ4v) is 1.83. The lowest BCUT2D eigenvalue weighted by Crippen LogP contribution is -2.03. The van der Waals surface area contributed by atoms with Crippen molar-refractivity contribution in [1.29, 1.82) is 0 Å². The van der Waals surface area contributed by atoms with Crippen LogP contribution in [0.25, 0.3) is 0 Å². The molecule has 1 N–H and O–H groups in total. The lowest BCUT2D eigenvalue weighted by molar-refractivity contribution is -0.385. The van der Waals surface area contributed by atoms with Crippen molar-refractivity contribution >= 4 is 11.4 Å². The molecule has 0 unspecified atom stereocenters. The minimum atomic E-state index is -0.421. The van der Waals surface area contributed by atoms with Crippen molar-refractivity contribution in [2.75, 3.05) is 18.5 Å².